The summed E-state index contributed by atoms with van der Waals surface area (Å²) >= 11 is 0. The second-order valence-corrected chi connectivity index (χ2v) is 8.28. The van der Waals surface area contributed by atoms with Gasteiger partial charge in [-0.05, 0) is 30.0 Å². The van der Waals surface area contributed by atoms with Crippen molar-refractivity contribution in [2.45, 2.75) is 12.2 Å². The minimum atomic E-state index is -3.34. The number of hydrogen-bond donors (Lipinski definition) is 0. The van der Waals surface area contributed by atoms with Crippen LogP contribution in [0.15, 0.2) is 24.3 Å². The molecule has 0 amide bonds. The Morgan fingerprint density at radius 3 is 2.43 bits per heavy atom. The van der Waals surface area contributed by atoms with Crippen molar-refractivity contribution in [3.63, 3.8) is 0 Å². The van der Waals surface area contributed by atoms with E-state index in [4.69, 9.17) is 4.74 Å². The summed E-state index contributed by atoms with van der Waals surface area (Å²) in [6, 6.07) is 5.66. The molecule has 0 N–H and O–H groups in total. The average Bonchev–Trinajstić information content (AvgIpc) is 3.03. The molecule has 1 unspecified atom stereocenters. The van der Waals surface area contributed by atoms with Crippen molar-refractivity contribution in [3.05, 3.63) is 35.6 Å². The monoisotopic (exact) mass is 342 g/mol. The van der Waals surface area contributed by atoms with Crippen LogP contribution in [0.1, 0.15) is 12.0 Å². The smallest absolute Gasteiger partial charge is 0.218 e. The average molecular weight is 342 g/mol. The first kappa shape index (κ1) is 16.8. The summed E-state index contributed by atoms with van der Waals surface area (Å²) in [5, 5.41) is 0. The molecule has 3 rings (SSSR count). The zero-order valence-electron chi connectivity index (χ0n) is 13.2. The van der Waals surface area contributed by atoms with E-state index in [9.17, 15) is 12.8 Å². The van der Waals surface area contributed by atoms with Crippen molar-refractivity contribution in [2.24, 2.45) is 5.92 Å². The standard InChI is InChI=1S/C16H23FN2O3S/c17-16-3-1-14(2-4-16)13-23(20,21)19-8-6-18(7-9-19)11-15-5-10-22-12-15/h1-4,15H,5-13H2. The van der Waals surface area contributed by atoms with Crippen LogP contribution in [0.3, 0.4) is 0 Å². The quantitative estimate of drug-likeness (QED) is 0.810. The highest BCUT2D eigenvalue weighted by Gasteiger charge is 2.28. The van der Waals surface area contributed by atoms with Crippen LogP contribution >= 0.6 is 0 Å². The maximum atomic E-state index is 12.9. The van der Waals surface area contributed by atoms with Gasteiger partial charge in [0.25, 0.3) is 0 Å². The molecule has 0 radical (unpaired) electrons. The minimum Gasteiger partial charge on any atom is -0.381 e. The summed E-state index contributed by atoms with van der Waals surface area (Å²) in [5.74, 6) is 0.164. The molecule has 0 bridgehead atoms. The number of piperazine rings is 1. The van der Waals surface area contributed by atoms with E-state index in [2.05, 4.69) is 4.90 Å². The summed E-state index contributed by atoms with van der Waals surface area (Å²) in [6.45, 7) is 5.23. The minimum absolute atomic E-state index is 0.0657. The Morgan fingerprint density at radius 1 is 1.13 bits per heavy atom. The van der Waals surface area contributed by atoms with Crippen LogP contribution in [-0.2, 0) is 20.5 Å². The number of ether oxygens (including phenoxy) is 1. The first-order valence-electron chi connectivity index (χ1n) is 8.05. The number of rotatable bonds is 5. The van der Waals surface area contributed by atoms with Gasteiger partial charge in [-0.15, -0.1) is 0 Å². The summed E-state index contributed by atoms with van der Waals surface area (Å²) in [6.07, 6.45) is 1.10. The molecule has 5 nitrogen and oxygen atoms in total. The van der Waals surface area contributed by atoms with E-state index >= 15 is 0 Å². The van der Waals surface area contributed by atoms with E-state index in [1.165, 1.54) is 24.3 Å². The van der Waals surface area contributed by atoms with Crippen LogP contribution in [0.4, 0.5) is 4.39 Å². The van der Waals surface area contributed by atoms with Gasteiger partial charge in [-0.25, -0.2) is 12.8 Å². The Morgan fingerprint density at radius 2 is 1.83 bits per heavy atom. The van der Waals surface area contributed by atoms with Crippen molar-refractivity contribution in [1.29, 1.82) is 0 Å². The van der Waals surface area contributed by atoms with Crippen LogP contribution in [-0.4, -0.2) is 63.6 Å². The zero-order valence-corrected chi connectivity index (χ0v) is 14.0. The van der Waals surface area contributed by atoms with Gasteiger partial charge in [0, 0.05) is 39.3 Å². The van der Waals surface area contributed by atoms with Gasteiger partial charge in [0.1, 0.15) is 5.82 Å². The Labute approximate surface area is 137 Å². The van der Waals surface area contributed by atoms with Crippen molar-refractivity contribution >= 4 is 10.0 Å². The first-order valence-corrected chi connectivity index (χ1v) is 9.66. The third-order valence-corrected chi connectivity index (χ3v) is 6.38. The second kappa shape index (κ2) is 7.25. The lowest BCUT2D eigenvalue weighted by molar-refractivity contribution is 0.143. The summed E-state index contributed by atoms with van der Waals surface area (Å²) in [4.78, 5) is 2.32. The van der Waals surface area contributed by atoms with E-state index in [0.717, 1.165) is 39.3 Å². The van der Waals surface area contributed by atoms with E-state index in [0.29, 0.717) is 24.6 Å². The lowest BCUT2D eigenvalue weighted by atomic mass is 10.1. The lowest BCUT2D eigenvalue weighted by Crippen LogP contribution is -2.50. The van der Waals surface area contributed by atoms with Crippen LogP contribution in [0, 0.1) is 11.7 Å². The van der Waals surface area contributed by atoms with Gasteiger partial charge >= 0.3 is 0 Å². The van der Waals surface area contributed by atoms with E-state index in [1.807, 2.05) is 0 Å². The van der Waals surface area contributed by atoms with Crippen LogP contribution in [0.2, 0.25) is 0 Å². The second-order valence-electron chi connectivity index (χ2n) is 6.31. The molecule has 128 valence electrons. The van der Waals surface area contributed by atoms with Crippen molar-refractivity contribution in [1.82, 2.24) is 9.21 Å². The largest absolute Gasteiger partial charge is 0.381 e. The molecule has 1 aromatic rings. The Balaban J connectivity index is 1.52. The fourth-order valence-corrected chi connectivity index (χ4v) is 4.68. The van der Waals surface area contributed by atoms with Gasteiger partial charge in [-0.2, -0.15) is 4.31 Å². The molecule has 7 heteroatoms. The Hall–Kier alpha value is -1.02. The van der Waals surface area contributed by atoms with Crippen LogP contribution in [0.25, 0.3) is 0 Å². The molecule has 0 aliphatic carbocycles. The number of sulfonamides is 1. The van der Waals surface area contributed by atoms with Crippen LogP contribution in [0.5, 0.6) is 0 Å². The third kappa shape index (κ3) is 4.50. The predicted octanol–water partition coefficient (Wildman–Crippen LogP) is 1.31. The molecule has 23 heavy (non-hydrogen) atoms. The van der Waals surface area contributed by atoms with Gasteiger partial charge in [0.15, 0.2) is 0 Å². The summed E-state index contributed by atoms with van der Waals surface area (Å²) in [5.41, 5.74) is 0.622. The molecule has 1 aromatic carbocycles. The highest BCUT2D eigenvalue weighted by Crippen LogP contribution is 2.17. The molecule has 0 saturated carbocycles. The molecule has 0 aromatic heterocycles. The molecule has 2 saturated heterocycles. The number of halogens is 1. The summed E-state index contributed by atoms with van der Waals surface area (Å²) in [7, 11) is -3.34. The predicted molar refractivity (Wildman–Crippen MR) is 86.0 cm³/mol. The molecular weight excluding hydrogens is 319 g/mol. The normalized spacial score (nSPS) is 24.1. The Kier molecular flexibility index (Phi) is 5.31. The molecule has 0 spiro atoms. The SMILES string of the molecule is O=S(=O)(Cc1ccc(F)cc1)N1CCN(CC2CCOC2)CC1. The van der Waals surface area contributed by atoms with Gasteiger partial charge in [0.2, 0.25) is 10.0 Å². The third-order valence-electron chi connectivity index (χ3n) is 4.53. The fraction of sp³-hybridized carbons (Fsp3) is 0.625. The van der Waals surface area contributed by atoms with Gasteiger partial charge in [-0.1, -0.05) is 12.1 Å². The molecular formula is C16H23FN2O3S. The highest BCUT2D eigenvalue weighted by atomic mass is 32.2. The zero-order chi connectivity index (χ0) is 16.3. The highest BCUT2D eigenvalue weighted by molar-refractivity contribution is 7.88. The molecule has 1 atom stereocenters. The number of nitrogens with zero attached hydrogens (tertiary/aromatic N) is 2. The van der Waals surface area contributed by atoms with E-state index < -0.39 is 10.0 Å². The number of benzene rings is 1. The first-order chi connectivity index (χ1) is 11.0. The van der Waals surface area contributed by atoms with Crippen LogP contribution < -0.4 is 0 Å². The maximum absolute atomic E-state index is 12.9. The Bertz CT molecular complexity index is 607. The lowest BCUT2D eigenvalue weighted by Gasteiger charge is -2.35. The van der Waals surface area contributed by atoms with E-state index in [-0.39, 0.29) is 11.6 Å². The van der Waals surface area contributed by atoms with Gasteiger partial charge < -0.3 is 9.64 Å². The van der Waals surface area contributed by atoms with E-state index in [1.54, 1.807) is 4.31 Å². The topological polar surface area (TPSA) is 49.9 Å². The van der Waals surface area contributed by atoms with Crippen molar-refractivity contribution in [3.8, 4) is 0 Å². The molecule has 2 aliphatic heterocycles. The molecule has 2 aliphatic rings. The summed E-state index contributed by atoms with van der Waals surface area (Å²) < 4.78 is 44.8. The van der Waals surface area contributed by atoms with Gasteiger partial charge in [-0.3, -0.25) is 0 Å². The van der Waals surface area contributed by atoms with Gasteiger partial charge in [0.05, 0.1) is 12.4 Å². The molecule has 2 heterocycles. The number of hydrogen-bond acceptors (Lipinski definition) is 4. The fourth-order valence-electron chi connectivity index (χ4n) is 3.17. The van der Waals surface area contributed by atoms with Crippen molar-refractivity contribution < 1.29 is 17.5 Å². The molecule has 2 fully saturated rings. The van der Waals surface area contributed by atoms with Crippen molar-refractivity contribution in [2.75, 3.05) is 45.9 Å². The maximum Gasteiger partial charge on any atom is 0.218 e.